The molecule has 0 aliphatic heterocycles. The average Bonchev–Trinajstić information content (AvgIpc) is 2.36. The second kappa shape index (κ2) is 5.94. The molecule has 0 heterocycles. The van der Waals surface area contributed by atoms with Gasteiger partial charge in [0.1, 0.15) is 0 Å². The number of alkyl halides is 3. The van der Waals surface area contributed by atoms with E-state index in [-0.39, 0.29) is 11.3 Å². The maximum Gasteiger partial charge on any atom is 0.416 e. The molecule has 7 heteroatoms. The quantitative estimate of drug-likeness (QED) is 0.870. The molecule has 0 spiro atoms. The minimum absolute atomic E-state index is 0.130. The molecule has 1 aromatic rings. The third kappa shape index (κ3) is 3.72. The molecule has 0 fully saturated rings. The minimum Gasteiger partial charge on any atom is -0.465 e. The highest BCUT2D eigenvalue weighted by atomic mass is 19.4. The molecule has 0 radical (unpaired) electrons. The summed E-state index contributed by atoms with van der Waals surface area (Å²) in [6, 6.07) is 2.45. The summed E-state index contributed by atoms with van der Waals surface area (Å²) in [6.45, 7) is 3.17. The number of anilines is 1. The second-order valence-electron chi connectivity index (χ2n) is 4.39. The lowest BCUT2D eigenvalue weighted by Gasteiger charge is -2.14. The first-order chi connectivity index (χ1) is 9.16. The van der Waals surface area contributed by atoms with Crippen LogP contribution in [0.3, 0.4) is 0 Å². The summed E-state index contributed by atoms with van der Waals surface area (Å²) in [7, 11) is 1.11. The fourth-order valence-electron chi connectivity index (χ4n) is 1.39. The number of carbonyl (C=O) groups excluding carboxylic acids is 2. The van der Waals surface area contributed by atoms with E-state index in [1.54, 1.807) is 13.8 Å². The first-order valence-corrected chi connectivity index (χ1v) is 5.77. The molecule has 110 valence electrons. The lowest BCUT2D eigenvalue weighted by Crippen LogP contribution is -2.20. The number of ether oxygens (including phenoxy) is 1. The first-order valence-electron chi connectivity index (χ1n) is 5.77. The molecule has 1 rings (SSSR count). The van der Waals surface area contributed by atoms with Crippen LogP contribution < -0.4 is 5.32 Å². The van der Waals surface area contributed by atoms with Crippen LogP contribution in [0.4, 0.5) is 18.9 Å². The molecular weight excluding hydrogens is 275 g/mol. The largest absolute Gasteiger partial charge is 0.465 e. The second-order valence-corrected chi connectivity index (χ2v) is 4.39. The van der Waals surface area contributed by atoms with Crippen LogP contribution in [0.15, 0.2) is 18.2 Å². The van der Waals surface area contributed by atoms with Crippen LogP contribution in [-0.2, 0) is 15.7 Å². The van der Waals surface area contributed by atoms with Crippen molar-refractivity contribution in [2.45, 2.75) is 20.0 Å². The fraction of sp³-hybridized carbons (Fsp3) is 0.385. The smallest absolute Gasteiger partial charge is 0.416 e. The van der Waals surface area contributed by atoms with Gasteiger partial charge in [0.05, 0.1) is 23.9 Å². The molecule has 1 N–H and O–H groups in total. The Kier molecular flexibility index (Phi) is 4.75. The lowest BCUT2D eigenvalue weighted by molar-refractivity contribution is -0.137. The Morgan fingerprint density at radius 2 is 1.85 bits per heavy atom. The molecule has 20 heavy (non-hydrogen) atoms. The number of methoxy groups -OCH3 is 1. The van der Waals surface area contributed by atoms with Crippen molar-refractivity contribution in [2.24, 2.45) is 5.92 Å². The van der Waals surface area contributed by atoms with Crippen LogP contribution in [0.5, 0.6) is 0 Å². The summed E-state index contributed by atoms with van der Waals surface area (Å²) in [4.78, 5) is 23.1. The van der Waals surface area contributed by atoms with Crippen LogP contribution in [0.25, 0.3) is 0 Å². The molecule has 0 bridgehead atoms. The predicted octanol–water partition coefficient (Wildman–Crippen LogP) is 3.09. The number of hydrogen-bond donors (Lipinski definition) is 1. The third-order valence-corrected chi connectivity index (χ3v) is 2.53. The van der Waals surface area contributed by atoms with E-state index < -0.39 is 29.5 Å². The van der Waals surface area contributed by atoms with Gasteiger partial charge in [-0.05, 0) is 18.2 Å². The van der Waals surface area contributed by atoms with Gasteiger partial charge < -0.3 is 10.1 Å². The summed E-state index contributed by atoms with van der Waals surface area (Å²) < 4.78 is 42.4. The van der Waals surface area contributed by atoms with Crippen molar-refractivity contribution >= 4 is 17.6 Å². The Morgan fingerprint density at radius 3 is 2.30 bits per heavy atom. The van der Waals surface area contributed by atoms with Crippen molar-refractivity contribution in [1.82, 2.24) is 0 Å². The van der Waals surface area contributed by atoms with Gasteiger partial charge >= 0.3 is 12.1 Å². The summed E-state index contributed by atoms with van der Waals surface area (Å²) in [5.41, 5.74) is -1.30. The number of rotatable bonds is 3. The predicted molar refractivity (Wildman–Crippen MR) is 66.3 cm³/mol. The molecule has 0 saturated carbocycles. The molecule has 0 aliphatic carbocycles. The summed E-state index contributed by atoms with van der Waals surface area (Å²) in [6.07, 6.45) is -4.56. The average molecular weight is 289 g/mol. The molecule has 0 atom stereocenters. The van der Waals surface area contributed by atoms with E-state index in [0.717, 1.165) is 19.2 Å². The van der Waals surface area contributed by atoms with E-state index in [1.165, 1.54) is 0 Å². The van der Waals surface area contributed by atoms with E-state index in [4.69, 9.17) is 0 Å². The summed E-state index contributed by atoms with van der Waals surface area (Å²) >= 11 is 0. The van der Waals surface area contributed by atoms with Gasteiger partial charge in [-0.25, -0.2) is 4.79 Å². The molecule has 1 aromatic carbocycles. The van der Waals surface area contributed by atoms with Crippen molar-refractivity contribution in [3.8, 4) is 0 Å². The van der Waals surface area contributed by atoms with Gasteiger partial charge in [-0.2, -0.15) is 13.2 Å². The number of amides is 1. The monoisotopic (exact) mass is 289 g/mol. The van der Waals surface area contributed by atoms with Crippen molar-refractivity contribution in [3.63, 3.8) is 0 Å². The molecule has 4 nitrogen and oxygen atoms in total. The van der Waals surface area contributed by atoms with Crippen molar-refractivity contribution < 1.29 is 27.5 Å². The van der Waals surface area contributed by atoms with Crippen LogP contribution in [0.2, 0.25) is 0 Å². The van der Waals surface area contributed by atoms with E-state index in [2.05, 4.69) is 10.1 Å². The number of nitrogens with one attached hydrogen (secondary N) is 1. The number of esters is 1. The molecular formula is C13H14F3NO3. The Hall–Kier alpha value is -2.05. The highest BCUT2D eigenvalue weighted by molar-refractivity contribution is 6.01. The minimum atomic E-state index is -4.56. The summed E-state index contributed by atoms with van der Waals surface area (Å²) in [5.74, 6) is -1.75. The summed E-state index contributed by atoms with van der Waals surface area (Å²) in [5, 5.41) is 2.30. The van der Waals surface area contributed by atoms with Crippen molar-refractivity contribution in [2.75, 3.05) is 12.4 Å². The standard InChI is InChI=1S/C13H14F3NO3/c1-7(2)11(18)17-10-6-8(13(14,15)16)4-5-9(10)12(19)20-3/h4-7H,1-3H3,(H,17,18). The molecule has 0 unspecified atom stereocenters. The van der Waals surface area contributed by atoms with Gasteiger partial charge in [0.2, 0.25) is 5.91 Å². The van der Waals surface area contributed by atoms with Crippen LogP contribution in [0.1, 0.15) is 29.8 Å². The highest BCUT2D eigenvalue weighted by Crippen LogP contribution is 2.32. The van der Waals surface area contributed by atoms with Gasteiger partial charge in [0.25, 0.3) is 0 Å². The van der Waals surface area contributed by atoms with Gasteiger partial charge in [-0.1, -0.05) is 13.8 Å². The van der Waals surface area contributed by atoms with Crippen molar-refractivity contribution in [3.05, 3.63) is 29.3 Å². The van der Waals surface area contributed by atoms with Gasteiger partial charge in [0.15, 0.2) is 0 Å². The molecule has 0 aliphatic rings. The van der Waals surface area contributed by atoms with Crippen LogP contribution in [0, 0.1) is 5.92 Å². The number of benzene rings is 1. The SMILES string of the molecule is COC(=O)c1ccc(C(F)(F)F)cc1NC(=O)C(C)C. The third-order valence-electron chi connectivity index (χ3n) is 2.53. The number of carbonyl (C=O) groups is 2. The molecule has 1 amide bonds. The van der Waals surface area contributed by atoms with Gasteiger partial charge in [-0.15, -0.1) is 0 Å². The number of hydrogen-bond acceptors (Lipinski definition) is 3. The Balaban J connectivity index is 3.26. The normalized spacial score (nSPS) is 11.3. The van der Waals surface area contributed by atoms with Gasteiger partial charge in [0, 0.05) is 5.92 Å². The van der Waals surface area contributed by atoms with E-state index in [0.29, 0.717) is 6.07 Å². The highest BCUT2D eigenvalue weighted by Gasteiger charge is 2.32. The number of halogens is 3. The van der Waals surface area contributed by atoms with Crippen LogP contribution in [-0.4, -0.2) is 19.0 Å². The molecule has 0 saturated heterocycles. The zero-order valence-corrected chi connectivity index (χ0v) is 11.2. The Bertz CT molecular complexity index is 524. The Labute approximate surface area is 113 Å². The lowest BCUT2D eigenvalue weighted by atomic mass is 10.1. The zero-order chi connectivity index (χ0) is 15.5. The van der Waals surface area contributed by atoms with Crippen molar-refractivity contribution in [1.29, 1.82) is 0 Å². The maximum atomic E-state index is 12.6. The maximum absolute atomic E-state index is 12.6. The van der Waals surface area contributed by atoms with Crippen LogP contribution >= 0.6 is 0 Å². The molecule has 0 aromatic heterocycles. The van der Waals surface area contributed by atoms with E-state index >= 15 is 0 Å². The fourth-order valence-corrected chi connectivity index (χ4v) is 1.39. The van der Waals surface area contributed by atoms with Gasteiger partial charge in [-0.3, -0.25) is 4.79 Å². The first kappa shape index (κ1) is 16.0. The van der Waals surface area contributed by atoms with E-state index in [9.17, 15) is 22.8 Å². The Morgan fingerprint density at radius 1 is 1.25 bits per heavy atom. The topological polar surface area (TPSA) is 55.4 Å². The zero-order valence-electron chi connectivity index (χ0n) is 11.2. The van der Waals surface area contributed by atoms with E-state index in [1.807, 2.05) is 0 Å².